The van der Waals surface area contributed by atoms with Crippen LogP contribution in [0.5, 0.6) is 11.5 Å². The van der Waals surface area contributed by atoms with Gasteiger partial charge in [0.1, 0.15) is 11.5 Å². The summed E-state index contributed by atoms with van der Waals surface area (Å²) in [5.74, 6) is -0.835. The molecular formula is C33H32ClNO8S. The third-order valence-corrected chi connectivity index (χ3v) is 8.04. The van der Waals surface area contributed by atoms with Gasteiger partial charge in [-0.1, -0.05) is 48.0 Å². The van der Waals surface area contributed by atoms with Gasteiger partial charge in [0.25, 0.3) is 16.0 Å². The lowest BCUT2D eigenvalue weighted by Gasteiger charge is -2.14. The Bertz CT molecular complexity index is 1640. The quantitative estimate of drug-likeness (QED) is 0.107. The van der Waals surface area contributed by atoms with Crippen LogP contribution in [0.1, 0.15) is 34.3 Å². The molecule has 230 valence electrons. The molecule has 44 heavy (non-hydrogen) atoms. The lowest BCUT2D eigenvalue weighted by molar-refractivity contribution is -0.139. The first-order valence-corrected chi connectivity index (χ1v) is 15.7. The Morgan fingerprint density at radius 3 is 2.20 bits per heavy atom. The van der Waals surface area contributed by atoms with E-state index >= 15 is 0 Å². The van der Waals surface area contributed by atoms with Crippen LogP contribution in [0.3, 0.4) is 0 Å². The Kier molecular flexibility index (Phi) is 11.8. The normalized spacial score (nSPS) is 11.1. The predicted octanol–water partition coefficient (Wildman–Crippen LogP) is 6.41. The minimum atomic E-state index is -3.99. The van der Waals surface area contributed by atoms with E-state index in [0.717, 1.165) is 19.3 Å². The largest absolute Gasteiger partial charge is 0.494 e. The molecule has 1 amide bonds. The number of carbonyl (C=O) groups is 2. The van der Waals surface area contributed by atoms with Gasteiger partial charge < -0.3 is 19.9 Å². The molecule has 4 aromatic carbocycles. The summed E-state index contributed by atoms with van der Waals surface area (Å²) in [5.41, 5.74) is 2.51. The van der Waals surface area contributed by atoms with Crippen molar-refractivity contribution in [3.63, 3.8) is 0 Å². The number of aliphatic carboxylic acids is 1. The fraction of sp³-hybridized carbons (Fsp3) is 0.212. The van der Waals surface area contributed by atoms with Gasteiger partial charge in [-0.3, -0.25) is 8.98 Å². The molecular weight excluding hydrogens is 606 g/mol. The summed E-state index contributed by atoms with van der Waals surface area (Å²) in [6.45, 7) is -0.219. The molecule has 0 bridgehead atoms. The van der Waals surface area contributed by atoms with Crippen molar-refractivity contribution in [2.75, 3.05) is 25.1 Å². The van der Waals surface area contributed by atoms with Crippen molar-refractivity contribution in [1.82, 2.24) is 0 Å². The maximum atomic E-state index is 13.1. The zero-order valence-corrected chi connectivity index (χ0v) is 25.4. The zero-order valence-electron chi connectivity index (χ0n) is 23.8. The van der Waals surface area contributed by atoms with Crippen molar-refractivity contribution in [3.05, 3.63) is 119 Å². The van der Waals surface area contributed by atoms with Crippen LogP contribution in [0.4, 0.5) is 5.69 Å². The first-order chi connectivity index (χ1) is 21.2. The van der Waals surface area contributed by atoms with E-state index in [1.807, 2.05) is 18.2 Å². The fourth-order valence-corrected chi connectivity index (χ4v) is 5.23. The number of carboxylic acids is 1. The summed E-state index contributed by atoms with van der Waals surface area (Å²) in [5, 5.41) is 12.2. The van der Waals surface area contributed by atoms with Gasteiger partial charge in [-0.15, -0.1) is 0 Å². The van der Waals surface area contributed by atoms with Gasteiger partial charge >= 0.3 is 5.97 Å². The van der Waals surface area contributed by atoms with Crippen molar-refractivity contribution in [3.8, 4) is 11.5 Å². The molecule has 0 heterocycles. The second kappa shape index (κ2) is 15.9. The number of carboxylic acid groups (broad SMARTS) is 1. The van der Waals surface area contributed by atoms with Crippen LogP contribution in [0.25, 0.3) is 0 Å². The minimum absolute atomic E-state index is 0.0215. The van der Waals surface area contributed by atoms with E-state index in [1.54, 1.807) is 36.4 Å². The number of benzene rings is 4. The topological polar surface area (TPSA) is 128 Å². The molecule has 0 aliphatic heterocycles. The highest BCUT2D eigenvalue weighted by atomic mass is 35.5. The molecule has 0 aromatic heterocycles. The second-order valence-electron chi connectivity index (χ2n) is 9.76. The maximum absolute atomic E-state index is 13.1. The second-order valence-corrected chi connectivity index (χ2v) is 11.8. The number of hydrogen-bond acceptors (Lipinski definition) is 7. The monoisotopic (exact) mass is 637 g/mol. The highest BCUT2D eigenvalue weighted by Crippen LogP contribution is 2.27. The van der Waals surface area contributed by atoms with Crippen LogP contribution in [0, 0.1) is 0 Å². The molecule has 9 nitrogen and oxygen atoms in total. The van der Waals surface area contributed by atoms with Crippen LogP contribution in [0.15, 0.2) is 102 Å². The van der Waals surface area contributed by atoms with E-state index in [4.69, 9.17) is 30.4 Å². The Morgan fingerprint density at radius 2 is 1.50 bits per heavy atom. The van der Waals surface area contributed by atoms with E-state index in [-0.39, 0.29) is 29.4 Å². The smallest absolute Gasteiger partial charge is 0.341 e. The number of unbranched alkanes of at least 4 members (excludes halogenated alkanes) is 1. The summed E-state index contributed by atoms with van der Waals surface area (Å²) in [4.78, 5) is 24.1. The van der Waals surface area contributed by atoms with Crippen LogP contribution in [-0.2, 0) is 31.9 Å². The first-order valence-electron chi connectivity index (χ1n) is 13.9. The Hall–Kier alpha value is -4.38. The molecule has 2 N–H and O–H groups in total. The van der Waals surface area contributed by atoms with E-state index < -0.39 is 28.6 Å². The summed E-state index contributed by atoms with van der Waals surface area (Å²) in [7, 11) is -3.99. The van der Waals surface area contributed by atoms with Gasteiger partial charge in [-0.2, -0.15) is 8.42 Å². The molecule has 0 saturated carbocycles. The zero-order chi connectivity index (χ0) is 31.4. The highest BCUT2D eigenvalue weighted by molar-refractivity contribution is 7.86. The Labute approximate surface area is 261 Å². The molecule has 0 spiro atoms. The van der Waals surface area contributed by atoms with Gasteiger partial charge in [0.15, 0.2) is 6.61 Å². The molecule has 0 radical (unpaired) electrons. The average molecular weight is 638 g/mol. The molecule has 0 fully saturated rings. The number of ether oxygens (including phenoxy) is 2. The van der Waals surface area contributed by atoms with Crippen molar-refractivity contribution < 1.29 is 36.8 Å². The molecule has 11 heteroatoms. The number of carbonyl (C=O) groups excluding carboxylic acids is 1. The summed E-state index contributed by atoms with van der Waals surface area (Å²) in [6.07, 6.45) is 3.06. The maximum Gasteiger partial charge on any atom is 0.341 e. The molecule has 0 saturated heterocycles. The van der Waals surface area contributed by atoms with Gasteiger partial charge in [0.2, 0.25) is 0 Å². The summed E-state index contributed by atoms with van der Waals surface area (Å²) >= 11 is 5.83. The van der Waals surface area contributed by atoms with Crippen LogP contribution in [-0.4, -0.2) is 45.2 Å². The third-order valence-electron chi connectivity index (χ3n) is 6.46. The number of amides is 1. The van der Waals surface area contributed by atoms with Gasteiger partial charge in [-0.25, -0.2) is 4.79 Å². The van der Waals surface area contributed by atoms with Gasteiger partial charge in [0, 0.05) is 10.6 Å². The first kappa shape index (κ1) is 32.5. The lowest BCUT2D eigenvalue weighted by atomic mass is 10.1. The molecule has 4 aromatic rings. The SMILES string of the molecule is O=C(O)COc1ccc(CCOS(=O)(=O)c2ccc(Cl)cc2)cc1NC(=O)c1ccc(OCCCCc2ccccc2)cc1. The molecule has 0 unspecified atom stereocenters. The minimum Gasteiger partial charge on any atom is -0.494 e. The van der Waals surface area contributed by atoms with Crippen molar-refractivity contribution in [2.24, 2.45) is 0 Å². The third kappa shape index (κ3) is 10.1. The Morgan fingerprint density at radius 1 is 0.773 bits per heavy atom. The van der Waals surface area contributed by atoms with Crippen LogP contribution < -0.4 is 14.8 Å². The number of rotatable bonds is 16. The van der Waals surface area contributed by atoms with Gasteiger partial charge in [-0.05, 0) is 97.5 Å². The summed E-state index contributed by atoms with van der Waals surface area (Å²) < 4.78 is 41.3. The number of aryl methyl sites for hydroxylation is 1. The van der Waals surface area contributed by atoms with E-state index in [2.05, 4.69) is 17.4 Å². The average Bonchev–Trinajstić information content (AvgIpc) is 3.01. The molecule has 4 rings (SSSR count). The Balaban J connectivity index is 1.33. The van der Waals surface area contributed by atoms with Crippen molar-refractivity contribution in [1.29, 1.82) is 0 Å². The predicted molar refractivity (Wildman–Crippen MR) is 167 cm³/mol. The number of anilines is 1. The van der Waals surface area contributed by atoms with Gasteiger partial charge in [0.05, 0.1) is 23.8 Å². The number of nitrogens with one attached hydrogen (secondary N) is 1. The highest BCUT2D eigenvalue weighted by Gasteiger charge is 2.16. The molecule has 0 aliphatic rings. The van der Waals surface area contributed by atoms with E-state index in [0.29, 0.717) is 28.5 Å². The lowest BCUT2D eigenvalue weighted by Crippen LogP contribution is -2.15. The number of hydrogen-bond donors (Lipinski definition) is 2. The molecule has 0 atom stereocenters. The number of halogens is 1. The van der Waals surface area contributed by atoms with E-state index in [9.17, 15) is 18.0 Å². The summed E-state index contributed by atoms with van der Waals surface area (Å²) in [6, 6.07) is 27.3. The fourth-order valence-electron chi connectivity index (χ4n) is 4.20. The van der Waals surface area contributed by atoms with E-state index in [1.165, 1.54) is 35.9 Å². The van der Waals surface area contributed by atoms with Crippen LogP contribution >= 0.6 is 11.6 Å². The van der Waals surface area contributed by atoms with Crippen molar-refractivity contribution in [2.45, 2.75) is 30.6 Å². The van der Waals surface area contributed by atoms with Crippen molar-refractivity contribution >= 4 is 39.3 Å². The van der Waals surface area contributed by atoms with Crippen LogP contribution in [0.2, 0.25) is 5.02 Å². The standard InChI is InChI=1S/C33H32ClNO8S/c34-27-12-16-29(17-13-27)44(39,40)43-21-19-25-9-18-31(42-23-32(36)37)30(22-25)35-33(38)26-10-14-28(15-11-26)41-20-5-4-8-24-6-2-1-3-7-24/h1-3,6-7,9-18,22H,4-5,8,19-21,23H2,(H,35,38)(H,36,37). The molecule has 0 aliphatic carbocycles.